The summed E-state index contributed by atoms with van der Waals surface area (Å²) >= 11 is 1.86. The van der Waals surface area contributed by atoms with Gasteiger partial charge in [0.1, 0.15) is 0 Å². The third-order valence-electron chi connectivity index (χ3n) is 11.0. The van der Waals surface area contributed by atoms with Crippen molar-refractivity contribution >= 4 is 81.1 Å². The summed E-state index contributed by atoms with van der Waals surface area (Å²) in [6.45, 7) is 0. The molecule has 258 valence electrons. The number of para-hydroxylation sites is 2. The van der Waals surface area contributed by atoms with Crippen LogP contribution in [-0.4, -0.2) is 4.57 Å². The fourth-order valence-electron chi connectivity index (χ4n) is 8.44. The van der Waals surface area contributed by atoms with Gasteiger partial charge in [-0.1, -0.05) is 146 Å². The Morgan fingerprint density at radius 3 is 1.89 bits per heavy atom. The van der Waals surface area contributed by atoms with Crippen LogP contribution in [0.5, 0.6) is 0 Å². The average molecular weight is 719 g/mol. The van der Waals surface area contributed by atoms with E-state index >= 15 is 0 Å². The van der Waals surface area contributed by atoms with E-state index in [0.29, 0.717) is 0 Å². The molecule has 0 N–H and O–H groups in total. The van der Waals surface area contributed by atoms with Gasteiger partial charge < -0.3 is 9.47 Å². The number of aromatic nitrogens is 1. The molecule has 2 nitrogen and oxygen atoms in total. The first kappa shape index (κ1) is 31.6. The predicted octanol–water partition coefficient (Wildman–Crippen LogP) is 15.1. The highest BCUT2D eigenvalue weighted by atomic mass is 32.1. The summed E-state index contributed by atoms with van der Waals surface area (Å²) in [5, 5.41) is 7.70. The summed E-state index contributed by atoms with van der Waals surface area (Å²) in [6, 6.07) is 75.1. The molecule has 55 heavy (non-hydrogen) atoms. The molecule has 0 radical (unpaired) electrons. The lowest BCUT2D eigenvalue weighted by atomic mass is 10.00. The Balaban J connectivity index is 1.07. The Hall–Kier alpha value is -6.94. The van der Waals surface area contributed by atoms with Gasteiger partial charge in [-0.15, -0.1) is 11.3 Å². The van der Waals surface area contributed by atoms with Gasteiger partial charge in [0.25, 0.3) is 0 Å². The molecule has 2 aromatic heterocycles. The summed E-state index contributed by atoms with van der Waals surface area (Å²) < 4.78 is 5.01. The van der Waals surface area contributed by atoms with Gasteiger partial charge in [0, 0.05) is 53.6 Å². The van der Waals surface area contributed by atoms with Crippen molar-refractivity contribution in [3.63, 3.8) is 0 Å². The van der Waals surface area contributed by atoms with Crippen LogP contribution in [0.25, 0.3) is 80.7 Å². The van der Waals surface area contributed by atoms with Crippen molar-refractivity contribution < 1.29 is 0 Å². The third-order valence-corrected chi connectivity index (χ3v) is 12.1. The number of nitrogens with zero attached hydrogens (tertiary/aromatic N) is 2. The second-order valence-electron chi connectivity index (χ2n) is 14.1. The van der Waals surface area contributed by atoms with Crippen LogP contribution in [0.15, 0.2) is 206 Å². The van der Waals surface area contributed by atoms with E-state index in [1.165, 1.54) is 75.0 Å². The van der Waals surface area contributed by atoms with Crippen molar-refractivity contribution in [3.8, 4) is 27.9 Å². The number of rotatable bonds is 6. The zero-order valence-electron chi connectivity index (χ0n) is 29.9. The largest absolute Gasteiger partial charge is 0.310 e. The van der Waals surface area contributed by atoms with E-state index < -0.39 is 0 Å². The van der Waals surface area contributed by atoms with Crippen LogP contribution < -0.4 is 4.90 Å². The van der Waals surface area contributed by atoms with Crippen LogP contribution in [0.3, 0.4) is 0 Å². The minimum Gasteiger partial charge on any atom is -0.310 e. The van der Waals surface area contributed by atoms with E-state index in [9.17, 15) is 0 Å². The van der Waals surface area contributed by atoms with Gasteiger partial charge in [-0.2, -0.15) is 0 Å². The fourth-order valence-corrected chi connectivity index (χ4v) is 9.58. The molecule has 0 unspecified atom stereocenters. The van der Waals surface area contributed by atoms with Crippen LogP contribution in [0.4, 0.5) is 17.1 Å². The van der Waals surface area contributed by atoms with E-state index in [2.05, 4.69) is 216 Å². The van der Waals surface area contributed by atoms with E-state index in [1.807, 2.05) is 11.3 Å². The monoisotopic (exact) mass is 718 g/mol. The van der Waals surface area contributed by atoms with Gasteiger partial charge in [0.2, 0.25) is 0 Å². The molecule has 0 saturated heterocycles. The second-order valence-corrected chi connectivity index (χ2v) is 15.2. The van der Waals surface area contributed by atoms with E-state index in [4.69, 9.17) is 0 Å². The molecule has 0 bridgehead atoms. The summed E-state index contributed by atoms with van der Waals surface area (Å²) in [4.78, 5) is 2.41. The van der Waals surface area contributed by atoms with E-state index in [-0.39, 0.29) is 0 Å². The number of hydrogen-bond donors (Lipinski definition) is 0. The topological polar surface area (TPSA) is 8.17 Å². The highest BCUT2D eigenvalue weighted by molar-refractivity contribution is 7.25. The molecule has 9 aromatic carbocycles. The van der Waals surface area contributed by atoms with Crippen molar-refractivity contribution in [2.45, 2.75) is 0 Å². The lowest BCUT2D eigenvalue weighted by Crippen LogP contribution is -2.11. The molecule has 2 heterocycles. The number of fused-ring (bicyclic) bond motifs is 8. The lowest BCUT2D eigenvalue weighted by molar-refractivity contribution is 1.18. The molecule has 3 heteroatoms. The molecule has 0 aliphatic rings. The van der Waals surface area contributed by atoms with Gasteiger partial charge >= 0.3 is 0 Å². The maximum absolute atomic E-state index is 2.42. The zero-order valence-corrected chi connectivity index (χ0v) is 30.7. The lowest BCUT2D eigenvalue weighted by Gasteiger charge is -2.28. The van der Waals surface area contributed by atoms with E-state index in [0.717, 1.165) is 22.7 Å². The summed E-state index contributed by atoms with van der Waals surface area (Å²) in [7, 11) is 0. The Bertz CT molecular complexity index is 3190. The molecule has 0 aliphatic carbocycles. The molecular formula is C52H34N2S. The minimum atomic E-state index is 1.11. The summed E-state index contributed by atoms with van der Waals surface area (Å²) in [6.07, 6.45) is 0. The highest BCUT2D eigenvalue weighted by Crippen LogP contribution is 2.45. The maximum Gasteiger partial charge on any atom is 0.0547 e. The highest BCUT2D eigenvalue weighted by Gasteiger charge is 2.20. The first-order valence-corrected chi connectivity index (χ1v) is 19.6. The quantitative estimate of drug-likeness (QED) is 0.166. The van der Waals surface area contributed by atoms with Crippen LogP contribution in [-0.2, 0) is 0 Å². The zero-order chi connectivity index (χ0) is 36.3. The first-order valence-electron chi connectivity index (χ1n) is 18.8. The molecule has 0 amide bonds. The van der Waals surface area contributed by atoms with E-state index in [1.54, 1.807) is 0 Å². The molecule has 0 atom stereocenters. The molecule has 0 spiro atoms. The Morgan fingerprint density at radius 2 is 1.04 bits per heavy atom. The van der Waals surface area contributed by atoms with Gasteiger partial charge in [0.15, 0.2) is 0 Å². The van der Waals surface area contributed by atoms with Crippen LogP contribution in [0, 0.1) is 0 Å². The third kappa shape index (κ3) is 5.24. The van der Waals surface area contributed by atoms with Crippen LogP contribution >= 0.6 is 11.3 Å². The maximum atomic E-state index is 2.42. The number of benzene rings is 9. The number of thiophene rings is 1. The fraction of sp³-hybridized carbons (Fsp3) is 0. The Labute approximate surface area is 323 Å². The summed E-state index contributed by atoms with van der Waals surface area (Å²) in [5.74, 6) is 0. The SMILES string of the molecule is c1ccc(-c2ccccc2N(c2ccc(-c3ccc4c5c6ccccc6ccc5n(-c5ccccc5)c4c3)cc2)c2ccc3c(c2)sc2ccccc23)cc1. The smallest absolute Gasteiger partial charge is 0.0547 e. The first-order chi connectivity index (χ1) is 27.3. The normalized spacial score (nSPS) is 11.6. The second kappa shape index (κ2) is 12.9. The Morgan fingerprint density at radius 1 is 0.382 bits per heavy atom. The minimum absolute atomic E-state index is 1.11. The van der Waals surface area contributed by atoms with Crippen LogP contribution in [0.1, 0.15) is 0 Å². The van der Waals surface area contributed by atoms with Crippen molar-refractivity contribution in [1.82, 2.24) is 4.57 Å². The average Bonchev–Trinajstić information content (AvgIpc) is 3.80. The van der Waals surface area contributed by atoms with Crippen LogP contribution in [0.2, 0.25) is 0 Å². The van der Waals surface area contributed by atoms with Gasteiger partial charge in [0.05, 0.1) is 16.7 Å². The van der Waals surface area contributed by atoms with Crippen molar-refractivity contribution in [3.05, 3.63) is 206 Å². The van der Waals surface area contributed by atoms with Crippen molar-refractivity contribution in [1.29, 1.82) is 0 Å². The molecule has 11 aromatic rings. The number of anilines is 3. The van der Waals surface area contributed by atoms with Crippen molar-refractivity contribution in [2.75, 3.05) is 4.90 Å². The van der Waals surface area contributed by atoms with Gasteiger partial charge in [-0.25, -0.2) is 0 Å². The van der Waals surface area contributed by atoms with Gasteiger partial charge in [-0.05, 0) is 88.1 Å². The van der Waals surface area contributed by atoms with Gasteiger partial charge in [-0.3, -0.25) is 0 Å². The molecule has 0 aliphatic heterocycles. The molecule has 0 fully saturated rings. The molecule has 0 saturated carbocycles. The number of hydrogen-bond acceptors (Lipinski definition) is 2. The molecule has 11 rings (SSSR count). The molecular weight excluding hydrogens is 685 g/mol. The van der Waals surface area contributed by atoms with Crippen molar-refractivity contribution in [2.24, 2.45) is 0 Å². The Kier molecular flexibility index (Phi) is 7.39. The standard InChI is InChI=1S/C52H34N2S/c1-3-13-36(14-4-1)42-18-9-11-21-47(42)53(41-29-31-45-44-20-10-12-22-50(44)55-51(45)34-41)40-27-23-35(24-28-40)38-25-30-46-49(33-38)54(39-16-5-2-6-17-39)48-32-26-37-15-7-8-19-43(37)52(46)48/h1-34H. The summed E-state index contributed by atoms with van der Waals surface area (Å²) in [5.41, 5.74) is 11.7. The predicted molar refractivity (Wildman–Crippen MR) is 237 cm³/mol.